The van der Waals surface area contributed by atoms with E-state index >= 15 is 0 Å². The molecule has 0 fully saturated rings. The maximum Gasteiger partial charge on any atom is 0.449 e. The lowest BCUT2D eigenvalue weighted by Gasteiger charge is -2.09. The lowest BCUT2D eigenvalue weighted by molar-refractivity contribution is -0.152. The van der Waals surface area contributed by atoms with Crippen LogP contribution < -0.4 is 10.7 Å². The number of benzene rings is 2. The van der Waals surface area contributed by atoms with Gasteiger partial charge in [0.2, 0.25) is 5.76 Å². The first kappa shape index (κ1) is 16.8. The highest BCUT2D eigenvalue weighted by atomic mass is 19.4. The van der Waals surface area contributed by atoms with Gasteiger partial charge in [-0.15, -0.1) is 0 Å². The van der Waals surface area contributed by atoms with E-state index in [1.54, 1.807) is 18.2 Å². The molecule has 0 aliphatic rings. The fourth-order valence-corrected chi connectivity index (χ4v) is 2.36. The zero-order chi connectivity index (χ0) is 18.2. The van der Waals surface area contributed by atoms with Gasteiger partial charge < -0.3 is 9.73 Å². The Morgan fingerprint density at radius 3 is 2.52 bits per heavy atom. The van der Waals surface area contributed by atoms with Crippen molar-refractivity contribution in [3.05, 3.63) is 75.6 Å². The summed E-state index contributed by atoms with van der Waals surface area (Å²) in [5.41, 5.74) is 0.589. The third-order valence-corrected chi connectivity index (χ3v) is 3.54. The summed E-state index contributed by atoms with van der Waals surface area (Å²) in [6, 6.07) is 11.2. The van der Waals surface area contributed by atoms with Crippen LogP contribution in [0.15, 0.2) is 57.7 Å². The standard InChI is InChI=1S/C18H12F3NO3/c1-10-3-2-4-11(7-10)17(24)22-12-5-6-15-13(8-12)14(23)9-16(25-15)18(19,20)21/h2-9H,1H3,(H,22,24). The average molecular weight is 347 g/mol. The smallest absolute Gasteiger partial charge is 0.449 e. The third kappa shape index (κ3) is 3.55. The van der Waals surface area contributed by atoms with E-state index in [1.165, 1.54) is 18.2 Å². The zero-order valence-electron chi connectivity index (χ0n) is 13.0. The van der Waals surface area contributed by atoms with Crippen molar-refractivity contribution in [1.82, 2.24) is 0 Å². The Labute approximate surface area is 139 Å². The molecule has 0 unspecified atom stereocenters. The Kier molecular flexibility index (Phi) is 4.08. The number of halogens is 3. The summed E-state index contributed by atoms with van der Waals surface area (Å²) < 4.78 is 42.8. The molecule has 1 N–H and O–H groups in total. The van der Waals surface area contributed by atoms with Crippen molar-refractivity contribution in [1.29, 1.82) is 0 Å². The number of nitrogens with one attached hydrogen (secondary N) is 1. The maximum absolute atomic E-state index is 12.7. The van der Waals surface area contributed by atoms with Crippen LogP contribution >= 0.6 is 0 Å². The molecule has 4 nitrogen and oxygen atoms in total. The molecule has 0 saturated carbocycles. The molecule has 0 aliphatic carbocycles. The highest BCUT2D eigenvalue weighted by molar-refractivity contribution is 6.05. The summed E-state index contributed by atoms with van der Waals surface area (Å²) in [7, 11) is 0. The van der Waals surface area contributed by atoms with Gasteiger partial charge in [-0.1, -0.05) is 17.7 Å². The molecule has 2 aromatic carbocycles. The van der Waals surface area contributed by atoms with E-state index in [0.29, 0.717) is 11.6 Å². The van der Waals surface area contributed by atoms with Crippen LogP contribution in [0.2, 0.25) is 0 Å². The predicted octanol–water partition coefficient (Wildman–Crippen LogP) is 4.37. The number of amides is 1. The highest BCUT2D eigenvalue weighted by Crippen LogP contribution is 2.30. The topological polar surface area (TPSA) is 59.3 Å². The minimum atomic E-state index is -4.74. The minimum absolute atomic E-state index is 0.0463. The summed E-state index contributed by atoms with van der Waals surface area (Å²) in [5, 5.41) is 2.56. The van der Waals surface area contributed by atoms with Crippen molar-refractivity contribution in [2.45, 2.75) is 13.1 Å². The van der Waals surface area contributed by atoms with Gasteiger partial charge in [-0.3, -0.25) is 9.59 Å². The number of carbonyl (C=O) groups excluding carboxylic acids is 1. The largest absolute Gasteiger partial charge is 0.451 e. The van der Waals surface area contributed by atoms with Crippen molar-refractivity contribution in [3.8, 4) is 0 Å². The first-order valence-electron chi connectivity index (χ1n) is 7.27. The SMILES string of the molecule is Cc1cccc(C(=O)Nc2ccc3oc(C(F)(F)F)cc(=O)c3c2)c1. The zero-order valence-corrected chi connectivity index (χ0v) is 13.0. The molecule has 25 heavy (non-hydrogen) atoms. The summed E-state index contributed by atoms with van der Waals surface area (Å²) in [6.07, 6.45) is -4.74. The molecular weight excluding hydrogens is 335 g/mol. The minimum Gasteiger partial charge on any atom is -0.451 e. The Hall–Kier alpha value is -3.09. The Balaban J connectivity index is 1.95. The van der Waals surface area contributed by atoms with Crippen molar-refractivity contribution in [2.75, 3.05) is 5.32 Å². The molecule has 3 aromatic rings. The fourth-order valence-electron chi connectivity index (χ4n) is 2.36. The monoisotopic (exact) mass is 347 g/mol. The molecule has 7 heteroatoms. The van der Waals surface area contributed by atoms with Crippen LogP contribution in [0.4, 0.5) is 18.9 Å². The number of carbonyl (C=O) groups is 1. The number of alkyl halides is 3. The Bertz CT molecular complexity index is 1020. The van der Waals surface area contributed by atoms with E-state index < -0.39 is 17.4 Å². The van der Waals surface area contributed by atoms with Crippen molar-refractivity contribution >= 4 is 22.6 Å². The number of aryl methyl sites for hydroxylation is 1. The molecule has 0 bridgehead atoms. The van der Waals surface area contributed by atoms with Gasteiger partial charge in [-0.25, -0.2) is 0 Å². The Morgan fingerprint density at radius 1 is 1.08 bits per heavy atom. The van der Waals surface area contributed by atoms with Gasteiger partial charge in [0, 0.05) is 17.3 Å². The van der Waals surface area contributed by atoms with Crippen LogP contribution in [0.3, 0.4) is 0 Å². The normalized spacial score (nSPS) is 11.5. The second kappa shape index (κ2) is 6.08. The maximum atomic E-state index is 12.7. The molecule has 0 atom stereocenters. The van der Waals surface area contributed by atoms with E-state index in [-0.39, 0.29) is 22.6 Å². The van der Waals surface area contributed by atoms with Crippen molar-refractivity contribution in [2.24, 2.45) is 0 Å². The number of anilines is 1. The van der Waals surface area contributed by atoms with Crippen LogP contribution in [0.25, 0.3) is 11.0 Å². The van der Waals surface area contributed by atoms with Crippen LogP contribution in [-0.4, -0.2) is 5.91 Å². The highest BCUT2D eigenvalue weighted by Gasteiger charge is 2.34. The summed E-state index contributed by atoms with van der Waals surface area (Å²) in [6.45, 7) is 1.84. The second-order valence-corrected chi connectivity index (χ2v) is 5.51. The van der Waals surface area contributed by atoms with E-state index in [4.69, 9.17) is 4.42 Å². The van der Waals surface area contributed by atoms with Crippen molar-refractivity contribution < 1.29 is 22.4 Å². The predicted molar refractivity (Wildman–Crippen MR) is 86.6 cm³/mol. The second-order valence-electron chi connectivity index (χ2n) is 5.51. The van der Waals surface area contributed by atoms with Gasteiger partial charge in [0.1, 0.15) is 5.58 Å². The van der Waals surface area contributed by atoms with Gasteiger partial charge in [0.25, 0.3) is 5.91 Å². The first-order chi connectivity index (χ1) is 11.7. The molecule has 0 aliphatic heterocycles. The van der Waals surface area contributed by atoms with Crippen LogP contribution in [0.5, 0.6) is 0 Å². The fraction of sp³-hybridized carbons (Fsp3) is 0.111. The summed E-state index contributed by atoms with van der Waals surface area (Å²) in [5.74, 6) is -1.75. The van der Waals surface area contributed by atoms with E-state index in [0.717, 1.165) is 5.56 Å². The third-order valence-electron chi connectivity index (χ3n) is 3.54. The molecule has 1 amide bonds. The molecular formula is C18H12F3NO3. The van der Waals surface area contributed by atoms with E-state index in [9.17, 15) is 22.8 Å². The summed E-state index contributed by atoms with van der Waals surface area (Å²) >= 11 is 0. The molecule has 0 saturated heterocycles. The first-order valence-corrected chi connectivity index (χ1v) is 7.27. The van der Waals surface area contributed by atoms with Crippen LogP contribution in [-0.2, 0) is 6.18 Å². The lowest BCUT2D eigenvalue weighted by atomic mass is 10.1. The van der Waals surface area contributed by atoms with Crippen molar-refractivity contribution in [3.63, 3.8) is 0 Å². The van der Waals surface area contributed by atoms with Gasteiger partial charge in [-0.05, 0) is 37.3 Å². The quantitative estimate of drug-likeness (QED) is 0.749. The summed E-state index contributed by atoms with van der Waals surface area (Å²) in [4.78, 5) is 24.1. The van der Waals surface area contributed by atoms with Gasteiger partial charge in [0.05, 0.1) is 5.39 Å². The Morgan fingerprint density at radius 2 is 1.84 bits per heavy atom. The number of fused-ring (bicyclic) bond motifs is 1. The van der Waals surface area contributed by atoms with E-state index in [1.807, 2.05) is 13.0 Å². The van der Waals surface area contributed by atoms with Gasteiger partial charge in [-0.2, -0.15) is 13.2 Å². The molecule has 128 valence electrons. The molecule has 0 radical (unpaired) electrons. The number of hydrogen-bond acceptors (Lipinski definition) is 3. The molecule has 0 spiro atoms. The molecule has 3 rings (SSSR count). The van der Waals surface area contributed by atoms with Gasteiger partial charge in [0.15, 0.2) is 5.43 Å². The van der Waals surface area contributed by atoms with Crippen LogP contribution in [0, 0.1) is 6.92 Å². The van der Waals surface area contributed by atoms with E-state index in [2.05, 4.69) is 5.32 Å². The molecule has 1 aromatic heterocycles. The number of rotatable bonds is 2. The van der Waals surface area contributed by atoms with Gasteiger partial charge >= 0.3 is 6.18 Å². The average Bonchev–Trinajstić information content (AvgIpc) is 2.54. The molecule has 1 heterocycles. The van der Waals surface area contributed by atoms with Crippen LogP contribution in [0.1, 0.15) is 21.7 Å². The lowest BCUT2D eigenvalue weighted by Crippen LogP contribution is -2.13. The number of hydrogen-bond donors (Lipinski definition) is 1.